The van der Waals surface area contributed by atoms with Crippen LogP contribution < -0.4 is 4.90 Å². The molecule has 4 heteroatoms. The normalized spacial score (nSPS) is 16.1. The Kier molecular flexibility index (Phi) is 4.61. The molecule has 0 bridgehead atoms. The Labute approximate surface area is 149 Å². The maximum absolute atomic E-state index is 4.80. The van der Waals surface area contributed by atoms with Gasteiger partial charge < -0.3 is 4.90 Å². The fourth-order valence-electron chi connectivity index (χ4n) is 3.41. The van der Waals surface area contributed by atoms with Crippen molar-refractivity contribution >= 4 is 16.9 Å². The van der Waals surface area contributed by atoms with Gasteiger partial charge >= 0.3 is 0 Å². The number of anilines is 1. The van der Waals surface area contributed by atoms with E-state index in [0.29, 0.717) is 0 Å². The van der Waals surface area contributed by atoms with Crippen LogP contribution in [0.3, 0.4) is 0 Å². The third kappa shape index (κ3) is 3.80. The lowest BCUT2D eigenvalue weighted by Gasteiger charge is -2.22. The lowest BCUT2D eigenvalue weighted by molar-refractivity contribution is 0.285. The van der Waals surface area contributed by atoms with Crippen molar-refractivity contribution in [1.82, 2.24) is 14.9 Å². The van der Waals surface area contributed by atoms with Gasteiger partial charge in [-0.3, -0.25) is 9.88 Å². The van der Waals surface area contributed by atoms with Gasteiger partial charge in [0.05, 0.1) is 17.2 Å². The highest BCUT2D eigenvalue weighted by Gasteiger charge is 2.16. The van der Waals surface area contributed by atoms with Crippen molar-refractivity contribution < 1.29 is 0 Å². The smallest absolute Gasteiger partial charge is 0.147 e. The highest BCUT2D eigenvalue weighted by atomic mass is 15.2. The summed E-state index contributed by atoms with van der Waals surface area (Å²) in [6.45, 7) is 7.39. The van der Waals surface area contributed by atoms with Gasteiger partial charge in [0.15, 0.2) is 0 Å². The maximum Gasteiger partial charge on any atom is 0.147 e. The Balaban J connectivity index is 1.44. The molecular weight excluding hydrogens is 308 g/mol. The SMILES string of the molecule is Cc1ccc(CN2CCCN(c3cnc4ccccc4n3)CC2)cc1. The minimum absolute atomic E-state index is 0.960. The van der Waals surface area contributed by atoms with Crippen LogP contribution in [-0.4, -0.2) is 41.0 Å². The fourth-order valence-corrected chi connectivity index (χ4v) is 3.41. The van der Waals surface area contributed by atoms with Crippen LogP contribution in [0.15, 0.2) is 54.7 Å². The number of benzene rings is 2. The standard InChI is InChI=1S/C21H24N4/c1-17-7-9-18(10-8-17)16-24-11-4-12-25(14-13-24)21-15-22-19-5-2-3-6-20(19)23-21/h2-3,5-10,15H,4,11-14,16H2,1H3. The molecule has 4 rings (SSSR count). The van der Waals surface area contributed by atoms with Crippen molar-refractivity contribution in [3.05, 3.63) is 65.9 Å². The van der Waals surface area contributed by atoms with Gasteiger partial charge in [0.25, 0.3) is 0 Å². The maximum atomic E-state index is 4.80. The van der Waals surface area contributed by atoms with Crippen LogP contribution in [-0.2, 0) is 6.54 Å². The number of hydrogen-bond donors (Lipinski definition) is 0. The Morgan fingerprint density at radius 1 is 0.880 bits per heavy atom. The second-order valence-electron chi connectivity index (χ2n) is 6.82. The molecule has 0 spiro atoms. The minimum Gasteiger partial charge on any atom is -0.354 e. The third-order valence-corrected chi connectivity index (χ3v) is 4.88. The summed E-state index contributed by atoms with van der Waals surface area (Å²) >= 11 is 0. The molecule has 2 heterocycles. The van der Waals surface area contributed by atoms with Crippen LogP contribution in [0.25, 0.3) is 11.0 Å². The predicted octanol–water partition coefficient (Wildman–Crippen LogP) is 3.65. The molecule has 0 saturated carbocycles. The Hall–Kier alpha value is -2.46. The number of aryl methyl sites for hydroxylation is 1. The van der Waals surface area contributed by atoms with Gasteiger partial charge in [-0.05, 0) is 31.0 Å². The van der Waals surface area contributed by atoms with E-state index < -0.39 is 0 Å². The van der Waals surface area contributed by atoms with Crippen LogP contribution in [0.5, 0.6) is 0 Å². The molecule has 1 aliphatic heterocycles. The van der Waals surface area contributed by atoms with Crippen LogP contribution in [0.1, 0.15) is 17.5 Å². The summed E-state index contributed by atoms with van der Waals surface area (Å²) in [7, 11) is 0. The number of para-hydroxylation sites is 2. The van der Waals surface area contributed by atoms with E-state index in [0.717, 1.165) is 56.0 Å². The zero-order valence-electron chi connectivity index (χ0n) is 14.7. The summed E-state index contributed by atoms with van der Waals surface area (Å²) in [4.78, 5) is 14.3. The molecular formula is C21H24N4. The molecule has 0 atom stereocenters. The van der Waals surface area contributed by atoms with Crippen molar-refractivity contribution in [2.24, 2.45) is 0 Å². The fraction of sp³-hybridized carbons (Fsp3) is 0.333. The lowest BCUT2D eigenvalue weighted by atomic mass is 10.1. The molecule has 1 aliphatic rings. The summed E-state index contributed by atoms with van der Waals surface area (Å²) < 4.78 is 0. The van der Waals surface area contributed by atoms with Crippen molar-refractivity contribution in [2.75, 3.05) is 31.1 Å². The molecule has 4 nitrogen and oxygen atoms in total. The first kappa shape index (κ1) is 16.0. The molecule has 3 aromatic rings. The number of aromatic nitrogens is 2. The van der Waals surface area contributed by atoms with Crippen LogP contribution in [0.2, 0.25) is 0 Å². The van der Waals surface area contributed by atoms with Crippen LogP contribution in [0.4, 0.5) is 5.82 Å². The number of hydrogen-bond acceptors (Lipinski definition) is 4. The van der Waals surface area contributed by atoms with Gasteiger partial charge in [-0.2, -0.15) is 0 Å². The van der Waals surface area contributed by atoms with Gasteiger partial charge in [-0.15, -0.1) is 0 Å². The average molecular weight is 332 g/mol. The lowest BCUT2D eigenvalue weighted by Crippen LogP contribution is -2.31. The Morgan fingerprint density at radius 2 is 1.68 bits per heavy atom. The second kappa shape index (κ2) is 7.19. The molecule has 1 fully saturated rings. The Bertz CT molecular complexity index is 844. The quantitative estimate of drug-likeness (QED) is 0.733. The number of rotatable bonds is 3. The molecule has 2 aromatic carbocycles. The summed E-state index contributed by atoms with van der Waals surface area (Å²) in [6.07, 6.45) is 3.07. The van der Waals surface area contributed by atoms with E-state index in [1.165, 1.54) is 11.1 Å². The van der Waals surface area contributed by atoms with Crippen LogP contribution >= 0.6 is 0 Å². The van der Waals surface area contributed by atoms with E-state index in [-0.39, 0.29) is 0 Å². The third-order valence-electron chi connectivity index (χ3n) is 4.88. The largest absolute Gasteiger partial charge is 0.354 e. The van der Waals surface area contributed by atoms with E-state index in [2.05, 4.69) is 46.0 Å². The van der Waals surface area contributed by atoms with Gasteiger partial charge in [-0.25, -0.2) is 4.98 Å². The Morgan fingerprint density at radius 3 is 2.52 bits per heavy atom. The van der Waals surface area contributed by atoms with Gasteiger partial charge in [-0.1, -0.05) is 42.0 Å². The van der Waals surface area contributed by atoms with E-state index in [1.54, 1.807) is 0 Å². The van der Waals surface area contributed by atoms with E-state index in [1.807, 2.05) is 30.5 Å². The van der Waals surface area contributed by atoms with E-state index in [4.69, 9.17) is 4.98 Å². The van der Waals surface area contributed by atoms with Crippen molar-refractivity contribution in [3.8, 4) is 0 Å². The average Bonchev–Trinajstić information content (AvgIpc) is 2.89. The zero-order valence-corrected chi connectivity index (χ0v) is 14.7. The van der Waals surface area contributed by atoms with Gasteiger partial charge in [0, 0.05) is 32.7 Å². The van der Waals surface area contributed by atoms with Crippen molar-refractivity contribution in [2.45, 2.75) is 19.9 Å². The minimum atomic E-state index is 0.960. The highest BCUT2D eigenvalue weighted by molar-refractivity contribution is 5.75. The molecule has 25 heavy (non-hydrogen) atoms. The molecule has 0 amide bonds. The highest BCUT2D eigenvalue weighted by Crippen LogP contribution is 2.18. The van der Waals surface area contributed by atoms with Crippen molar-refractivity contribution in [3.63, 3.8) is 0 Å². The summed E-state index contributed by atoms with van der Waals surface area (Å²) in [5, 5.41) is 0. The van der Waals surface area contributed by atoms with E-state index in [9.17, 15) is 0 Å². The number of fused-ring (bicyclic) bond motifs is 1. The molecule has 0 unspecified atom stereocenters. The molecule has 128 valence electrons. The van der Waals surface area contributed by atoms with E-state index >= 15 is 0 Å². The molecule has 0 aliphatic carbocycles. The molecule has 0 radical (unpaired) electrons. The monoisotopic (exact) mass is 332 g/mol. The molecule has 0 N–H and O–H groups in total. The zero-order chi connectivity index (χ0) is 17.1. The number of nitrogens with zero attached hydrogens (tertiary/aromatic N) is 4. The summed E-state index contributed by atoms with van der Waals surface area (Å²) in [5.74, 6) is 0.996. The predicted molar refractivity (Wildman–Crippen MR) is 103 cm³/mol. The van der Waals surface area contributed by atoms with Gasteiger partial charge in [0.1, 0.15) is 5.82 Å². The molecule has 1 saturated heterocycles. The topological polar surface area (TPSA) is 32.3 Å². The van der Waals surface area contributed by atoms with Crippen LogP contribution in [0, 0.1) is 6.92 Å². The van der Waals surface area contributed by atoms with Crippen molar-refractivity contribution in [1.29, 1.82) is 0 Å². The second-order valence-corrected chi connectivity index (χ2v) is 6.82. The van der Waals surface area contributed by atoms with Gasteiger partial charge in [0.2, 0.25) is 0 Å². The first-order chi connectivity index (χ1) is 12.3. The summed E-state index contributed by atoms with van der Waals surface area (Å²) in [6, 6.07) is 17.0. The summed E-state index contributed by atoms with van der Waals surface area (Å²) in [5.41, 5.74) is 4.65. The molecule has 1 aromatic heterocycles. The first-order valence-corrected chi connectivity index (χ1v) is 9.02. The first-order valence-electron chi connectivity index (χ1n) is 9.02.